The second kappa shape index (κ2) is 5.26. The van der Waals surface area contributed by atoms with Crippen LogP contribution >= 0.6 is 11.6 Å². The normalized spacial score (nSPS) is 11.3. The average Bonchev–Trinajstić information content (AvgIpc) is 2.25. The second-order valence-corrected chi connectivity index (χ2v) is 6.35. The number of anilines is 2. The SMILES string of the molecule is Cc1cc(C)nc(NS(=O)(=O)c2ccc(Cl)cc2N)n1. The molecule has 1 aromatic heterocycles. The van der Waals surface area contributed by atoms with Crippen LogP contribution in [0.25, 0.3) is 0 Å². The maximum Gasteiger partial charge on any atom is 0.266 e. The summed E-state index contributed by atoms with van der Waals surface area (Å²) < 4.78 is 26.8. The first-order valence-corrected chi connectivity index (χ1v) is 7.54. The zero-order valence-corrected chi connectivity index (χ0v) is 12.5. The zero-order chi connectivity index (χ0) is 14.9. The smallest absolute Gasteiger partial charge is 0.266 e. The highest BCUT2D eigenvalue weighted by molar-refractivity contribution is 7.92. The van der Waals surface area contributed by atoms with E-state index in [1.165, 1.54) is 18.2 Å². The molecule has 0 saturated carbocycles. The molecule has 0 amide bonds. The molecule has 0 aliphatic heterocycles. The number of halogens is 1. The van der Waals surface area contributed by atoms with Crippen molar-refractivity contribution in [3.63, 3.8) is 0 Å². The Morgan fingerprint density at radius 1 is 1.15 bits per heavy atom. The minimum Gasteiger partial charge on any atom is -0.398 e. The minimum absolute atomic E-state index is 0.0110. The summed E-state index contributed by atoms with van der Waals surface area (Å²) in [7, 11) is -3.85. The minimum atomic E-state index is -3.85. The first-order valence-electron chi connectivity index (χ1n) is 5.68. The highest BCUT2D eigenvalue weighted by atomic mass is 35.5. The van der Waals surface area contributed by atoms with Crippen LogP contribution in [-0.4, -0.2) is 18.4 Å². The molecule has 0 spiro atoms. The van der Waals surface area contributed by atoms with Crippen LogP contribution in [0.5, 0.6) is 0 Å². The molecule has 2 aromatic rings. The lowest BCUT2D eigenvalue weighted by Gasteiger charge is -2.10. The quantitative estimate of drug-likeness (QED) is 0.846. The lowest BCUT2D eigenvalue weighted by molar-refractivity contribution is 0.601. The third-order valence-corrected chi connectivity index (χ3v) is 4.11. The highest BCUT2D eigenvalue weighted by Gasteiger charge is 2.19. The largest absolute Gasteiger partial charge is 0.398 e. The van der Waals surface area contributed by atoms with E-state index in [1.54, 1.807) is 19.9 Å². The number of aryl methyl sites for hydroxylation is 2. The van der Waals surface area contributed by atoms with E-state index >= 15 is 0 Å². The van der Waals surface area contributed by atoms with Crippen molar-refractivity contribution in [2.75, 3.05) is 10.5 Å². The summed E-state index contributed by atoms with van der Waals surface area (Å²) in [6.45, 7) is 3.51. The van der Waals surface area contributed by atoms with Gasteiger partial charge in [0.25, 0.3) is 10.0 Å². The van der Waals surface area contributed by atoms with Crippen LogP contribution in [0.1, 0.15) is 11.4 Å². The average molecular weight is 313 g/mol. The van der Waals surface area contributed by atoms with Gasteiger partial charge < -0.3 is 5.73 Å². The molecular weight excluding hydrogens is 300 g/mol. The van der Waals surface area contributed by atoms with Crippen molar-refractivity contribution < 1.29 is 8.42 Å². The molecule has 0 saturated heterocycles. The van der Waals surface area contributed by atoms with Gasteiger partial charge in [0.2, 0.25) is 5.95 Å². The molecule has 106 valence electrons. The molecule has 0 atom stereocenters. The fourth-order valence-corrected chi connectivity index (χ4v) is 2.95. The van der Waals surface area contributed by atoms with E-state index in [0.29, 0.717) is 16.4 Å². The van der Waals surface area contributed by atoms with Crippen molar-refractivity contribution in [3.05, 3.63) is 40.7 Å². The predicted molar refractivity (Wildman–Crippen MR) is 78.2 cm³/mol. The standard InChI is InChI=1S/C12H13ClN4O2S/c1-7-5-8(2)16-12(15-7)17-20(18,19)11-4-3-9(13)6-10(11)14/h3-6H,14H2,1-2H3,(H,15,16,17). The van der Waals surface area contributed by atoms with Gasteiger partial charge in [-0.2, -0.15) is 0 Å². The number of nitrogens with two attached hydrogens (primary N) is 1. The third-order valence-electron chi connectivity index (χ3n) is 2.47. The molecular formula is C12H13ClN4O2S. The molecule has 20 heavy (non-hydrogen) atoms. The summed E-state index contributed by atoms with van der Waals surface area (Å²) in [6, 6.07) is 5.91. The van der Waals surface area contributed by atoms with E-state index in [2.05, 4.69) is 14.7 Å². The van der Waals surface area contributed by atoms with Gasteiger partial charge in [-0.3, -0.25) is 0 Å². The maximum atomic E-state index is 12.2. The Bertz CT molecular complexity index is 742. The molecule has 6 nitrogen and oxygen atoms in total. The van der Waals surface area contributed by atoms with Gasteiger partial charge >= 0.3 is 0 Å². The summed E-state index contributed by atoms with van der Waals surface area (Å²) in [5.41, 5.74) is 7.07. The van der Waals surface area contributed by atoms with E-state index in [0.717, 1.165) is 0 Å². The summed E-state index contributed by atoms with van der Waals surface area (Å²) in [4.78, 5) is 7.98. The van der Waals surface area contributed by atoms with Gasteiger partial charge in [0.15, 0.2) is 0 Å². The number of nitrogen functional groups attached to an aromatic ring is 1. The monoisotopic (exact) mass is 312 g/mol. The van der Waals surface area contributed by atoms with E-state index < -0.39 is 10.0 Å². The molecule has 0 bridgehead atoms. The van der Waals surface area contributed by atoms with Gasteiger partial charge in [0.05, 0.1) is 5.69 Å². The van der Waals surface area contributed by atoms with Crippen LogP contribution in [0, 0.1) is 13.8 Å². The van der Waals surface area contributed by atoms with E-state index in [4.69, 9.17) is 17.3 Å². The molecule has 0 aliphatic rings. The summed E-state index contributed by atoms with van der Waals surface area (Å²) >= 11 is 5.75. The van der Waals surface area contributed by atoms with Gasteiger partial charge in [-0.1, -0.05) is 11.6 Å². The number of rotatable bonds is 3. The first kappa shape index (κ1) is 14.5. The van der Waals surface area contributed by atoms with Crippen LogP contribution in [0.3, 0.4) is 0 Å². The number of benzene rings is 1. The summed E-state index contributed by atoms with van der Waals surface area (Å²) in [5, 5.41) is 0.365. The Kier molecular flexibility index (Phi) is 3.82. The van der Waals surface area contributed by atoms with Gasteiger partial charge in [0.1, 0.15) is 4.90 Å². The van der Waals surface area contributed by atoms with Gasteiger partial charge in [-0.05, 0) is 38.1 Å². The molecule has 1 aromatic carbocycles. The number of nitrogens with one attached hydrogen (secondary N) is 1. The Morgan fingerprint density at radius 3 is 2.30 bits per heavy atom. The predicted octanol–water partition coefficient (Wildman–Crippen LogP) is 2.13. The molecule has 0 fully saturated rings. The van der Waals surface area contributed by atoms with E-state index in [-0.39, 0.29) is 16.5 Å². The number of hydrogen-bond donors (Lipinski definition) is 2. The lowest BCUT2D eigenvalue weighted by Crippen LogP contribution is -2.17. The molecule has 0 aliphatic carbocycles. The molecule has 3 N–H and O–H groups in total. The lowest BCUT2D eigenvalue weighted by atomic mass is 10.3. The Balaban J connectivity index is 2.40. The second-order valence-electron chi connectivity index (χ2n) is 4.26. The number of hydrogen-bond acceptors (Lipinski definition) is 5. The Morgan fingerprint density at radius 2 is 1.75 bits per heavy atom. The summed E-state index contributed by atoms with van der Waals surface area (Å²) in [6.07, 6.45) is 0. The molecule has 1 heterocycles. The number of aromatic nitrogens is 2. The van der Waals surface area contributed by atoms with Gasteiger partial charge in [-0.15, -0.1) is 0 Å². The van der Waals surface area contributed by atoms with Crippen LogP contribution in [-0.2, 0) is 10.0 Å². The van der Waals surface area contributed by atoms with E-state index in [1.807, 2.05) is 0 Å². The van der Waals surface area contributed by atoms with Crippen molar-refractivity contribution in [1.29, 1.82) is 0 Å². The van der Waals surface area contributed by atoms with Crippen molar-refractivity contribution in [3.8, 4) is 0 Å². The van der Waals surface area contributed by atoms with Crippen LogP contribution < -0.4 is 10.5 Å². The van der Waals surface area contributed by atoms with Crippen molar-refractivity contribution >= 4 is 33.3 Å². The van der Waals surface area contributed by atoms with Crippen molar-refractivity contribution in [2.45, 2.75) is 18.7 Å². The molecule has 0 radical (unpaired) electrons. The topological polar surface area (TPSA) is 98.0 Å². The summed E-state index contributed by atoms with van der Waals surface area (Å²) in [5.74, 6) is 0.0110. The third kappa shape index (κ3) is 3.17. The Hall–Kier alpha value is -1.86. The van der Waals surface area contributed by atoms with Crippen molar-refractivity contribution in [2.24, 2.45) is 0 Å². The highest BCUT2D eigenvalue weighted by Crippen LogP contribution is 2.23. The first-order chi connectivity index (χ1) is 9.28. The van der Waals surface area contributed by atoms with Crippen LogP contribution in [0.15, 0.2) is 29.2 Å². The molecule has 0 unspecified atom stereocenters. The number of sulfonamides is 1. The Labute approximate surface area is 122 Å². The fraction of sp³-hybridized carbons (Fsp3) is 0.167. The van der Waals surface area contributed by atoms with E-state index in [9.17, 15) is 8.42 Å². The van der Waals surface area contributed by atoms with Gasteiger partial charge in [0, 0.05) is 16.4 Å². The maximum absolute atomic E-state index is 12.2. The van der Waals surface area contributed by atoms with Crippen LogP contribution in [0.2, 0.25) is 5.02 Å². The molecule has 2 rings (SSSR count). The zero-order valence-electron chi connectivity index (χ0n) is 10.9. The number of nitrogens with zero attached hydrogens (tertiary/aromatic N) is 2. The fourth-order valence-electron chi connectivity index (χ4n) is 1.71. The molecule has 8 heteroatoms. The van der Waals surface area contributed by atoms with Crippen LogP contribution in [0.4, 0.5) is 11.6 Å². The van der Waals surface area contributed by atoms with Gasteiger partial charge in [-0.25, -0.2) is 23.1 Å². The van der Waals surface area contributed by atoms with Crippen molar-refractivity contribution in [1.82, 2.24) is 9.97 Å².